The van der Waals surface area contributed by atoms with Crippen LogP contribution in [0.3, 0.4) is 0 Å². The van der Waals surface area contributed by atoms with Crippen LogP contribution in [0.1, 0.15) is 47.2 Å². The molecule has 0 radical (unpaired) electrons. The molecular formula is C13H16N2O3. The van der Waals surface area contributed by atoms with Gasteiger partial charge >= 0.3 is 5.97 Å². The van der Waals surface area contributed by atoms with Crippen molar-refractivity contribution in [2.75, 3.05) is 0 Å². The highest BCUT2D eigenvalue weighted by Gasteiger charge is 2.37. The highest BCUT2D eigenvalue weighted by atomic mass is 16.4. The van der Waals surface area contributed by atoms with E-state index in [-0.39, 0.29) is 23.3 Å². The molecule has 2 rings (SSSR count). The number of rotatable bonds is 5. The number of aromatic carboxylic acids is 1. The first-order valence-corrected chi connectivity index (χ1v) is 6.13. The number of aromatic nitrogens is 1. The van der Waals surface area contributed by atoms with Gasteiger partial charge in [-0.15, -0.1) is 0 Å². The molecule has 18 heavy (non-hydrogen) atoms. The molecule has 0 aromatic carbocycles. The van der Waals surface area contributed by atoms with Gasteiger partial charge in [0.2, 0.25) is 0 Å². The van der Waals surface area contributed by atoms with Crippen LogP contribution in [-0.2, 0) is 0 Å². The summed E-state index contributed by atoms with van der Waals surface area (Å²) in [6.07, 6.45) is 3.25. The summed E-state index contributed by atoms with van der Waals surface area (Å²) in [5, 5.41) is 11.7. The van der Waals surface area contributed by atoms with Crippen molar-refractivity contribution in [1.82, 2.24) is 10.3 Å². The van der Waals surface area contributed by atoms with Crippen LogP contribution in [0.15, 0.2) is 18.2 Å². The molecule has 1 heterocycles. The Balaban J connectivity index is 1.97. The van der Waals surface area contributed by atoms with Crippen molar-refractivity contribution in [2.45, 2.75) is 32.2 Å². The largest absolute Gasteiger partial charge is 0.477 e. The number of carboxylic acids is 1. The van der Waals surface area contributed by atoms with Crippen LogP contribution in [0.5, 0.6) is 0 Å². The van der Waals surface area contributed by atoms with Gasteiger partial charge in [-0.3, -0.25) is 4.79 Å². The third-order valence-corrected chi connectivity index (χ3v) is 3.10. The standard InChI is InChI=1S/C13H16N2O3/c1-2-4-8-7-11(8)15-12(16)9-5-3-6-10(14-9)13(17)18/h3,5-6,8,11H,2,4,7H2,1H3,(H,15,16)(H,17,18). The maximum atomic E-state index is 11.9. The summed E-state index contributed by atoms with van der Waals surface area (Å²) in [5.41, 5.74) is 0.0561. The average molecular weight is 248 g/mol. The molecule has 1 fully saturated rings. The van der Waals surface area contributed by atoms with Crippen LogP contribution >= 0.6 is 0 Å². The van der Waals surface area contributed by atoms with E-state index in [0.717, 1.165) is 19.3 Å². The van der Waals surface area contributed by atoms with E-state index >= 15 is 0 Å². The van der Waals surface area contributed by atoms with Crippen molar-refractivity contribution in [2.24, 2.45) is 5.92 Å². The molecule has 1 aromatic heterocycles. The normalized spacial score (nSPS) is 21.4. The number of amides is 1. The minimum Gasteiger partial charge on any atom is -0.477 e. The fourth-order valence-electron chi connectivity index (χ4n) is 2.04. The van der Waals surface area contributed by atoms with Gasteiger partial charge in [-0.25, -0.2) is 9.78 Å². The predicted octanol–water partition coefficient (Wildman–Crippen LogP) is 1.70. The van der Waals surface area contributed by atoms with Crippen LogP contribution in [0.25, 0.3) is 0 Å². The molecule has 2 unspecified atom stereocenters. The quantitative estimate of drug-likeness (QED) is 0.831. The summed E-state index contributed by atoms with van der Waals surface area (Å²) >= 11 is 0. The molecule has 1 saturated carbocycles. The number of hydrogen-bond donors (Lipinski definition) is 2. The maximum Gasteiger partial charge on any atom is 0.354 e. The third kappa shape index (κ3) is 2.85. The van der Waals surface area contributed by atoms with E-state index in [4.69, 9.17) is 5.11 Å². The summed E-state index contributed by atoms with van der Waals surface area (Å²) in [7, 11) is 0. The van der Waals surface area contributed by atoms with Crippen molar-refractivity contribution in [1.29, 1.82) is 0 Å². The van der Waals surface area contributed by atoms with Crippen molar-refractivity contribution in [3.63, 3.8) is 0 Å². The van der Waals surface area contributed by atoms with Crippen molar-refractivity contribution < 1.29 is 14.7 Å². The van der Waals surface area contributed by atoms with Crippen LogP contribution in [0, 0.1) is 5.92 Å². The molecule has 2 atom stereocenters. The lowest BCUT2D eigenvalue weighted by Gasteiger charge is -2.04. The number of carbonyl (C=O) groups excluding carboxylic acids is 1. The average Bonchev–Trinajstić information content (AvgIpc) is 3.08. The van der Waals surface area contributed by atoms with Crippen LogP contribution in [0.2, 0.25) is 0 Å². The van der Waals surface area contributed by atoms with Gasteiger partial charge in [-0.05, 0) is 30.9 Å². The van der Waals surface area contributed by atoms with E-state index in [1.54, 1.807) is 0 Å². The molecule has 0 saturated heterocycles. The Morgan fingerprint density at radius 1 is 1.44 bits per heavy atom. The van der Waals surface area contributed by atoms with Gasteiger partial charge in [0, 0.05) is 6.04 Å². The monoisotopic (exact) mass is 248 g/mol. The highest BCUT2D eigenvalue weighted by Crippen LogP contribution is 2.34. The number of hydrogen-bond acceptors (Lipinski definition) is 3. The number of carboxylic acid groups (broad SMARTS) is 1. The molecule has 0 spiro atoms. The van der Waals surface area contributed by atoms with Crippen LogP contribution in [0.4, 0.5) is 0 Å². The van der Waals surface area contributed by atoms with E-state index in [1.165, 1.54) is 18.2 Å². The molecule has 96 valence electrons. The van der Waals surface area contributed by atoms with E-state index < -0.39 is 5.97 Å². The Morgan fingerprint density at radius 3 is 2.83 bits per heavy atom. The first kappa shape index (κ1) is 12.5. The lowest BCUT2D eigenvalue weighted by Crippen LogP contribution is -2.28. The van der Waals surface area contributed by atoms with E-state index in [1.807, 2.05) is 0 Å². The minimum atomic E-state index is -1.13. The zero-order valence-electron chi connectivity index (χ0n) is 10.2. The Bertz CT molecular complexity index is 473. The molecular weight excluding hydrogens is 232 g/mol. The SMILES string of the molecule is CCCC1CC1NC(=O)c1cccc(C(=O)O)n1. The van der Waals surface area contributed by atoms with Crippen molar-refractivity contribution in [3.05, 3.63) is 29.6 Å². The van der Waals surface area contributed by atoms with E-state index in [2.05, 4.69) is 17.2 Å². The van der Waals surface area contributed by atoms with Crippen molar-refractivity contribution >= 4 is 11.9 Å². The second-order valence-corrected chi connectivity index (χ2v) is 4.58. The van der Waals surface area contributed by atoms with E-state index in [0.29, 0.717) is 5.92 Å². The van der Waals surface area contributed by atoms with Gasteiger partial charge in [-0.2, -0.15) is 0 Å². The summed E-state index contributed by atoms with van der Waals surface area (Å²) < 4.78 is 0. The number of nitrogens with zero attached hydrogens (tertiary/aromatic N) is 1. The summed E-state index contributed by atoms with van der Waals surface area (Å²) in [5.74, 6) is -0.844. The Hall–Kier alpha value is -1.91. The molecule has 0 aliphatic heterocycles. The summed E-state index contributed by atoms with van der Waals surface area (Å²) in [6, 6.07) is 4.66. The smallest absolute Gasteiger partial charge is 0.354 e. The Labute approximate surface area is 105 Å². The molecule has 1 aliphatic rings. The topological polar surface area (TPSA) is 79.3 Å². The van der Waals surface area contributed by atoms with Crippen molar-refractivity contribution in [3.8, 4) is 0 Å². The Morgan fingerprint density at radius 2 is 2.17 bits per heavy atom. The molecule has 1 aromatic rings. The van der Waals surface area contributed by atoms with Gasteiger partial charge in [0.15, 0.2) is 0 Å². The molecule has 1 aliphatic carbocycles. The Kier molecular flexibility index (Phi) is 3.60. The number of carbonyl (C=O) groups is 2. The number of pyridine rings is 1. The first-order chi connectivity index (χ1) is 8.61. The fourth-order valence-corrected chi connectivity index (χ4v) is 2.04. The number of nitrogens with one attached hydrogen (secondary N) is 1. The first-order valence-electron chi connectivity index (χ1n) is 6.13. The second-order valence-electron chi connectivity index (χ2n) is 4.58. The van der Waals surface area contributed by atoms with Gasteiger partial charge in [0.05, 0.1) is 0 Å². The predicted molar refractivity (Wildman–Crippen MR) is 65.5 cm³/mol. The molecule has 1 amide bonds. The van der Waals surface area contributed by atoms with Gasteiger partial charge in [0.25, 0.3) is 5.91 Å². The molecule has 5 heteroatoms. The molecule has 5 nitrogen and oxygen atoms in total. The third-order valence-electron chi connectivity index (χ3n) is 3.10. The zero-order chi connectivity index (χ0) is 13.1. The minimum absolute atomic E-state index is 0.108. The van der Waals surface area contributed by atoms with Gasteiger partial charge in [0.1, 0.15) is 11.4 Å². The van der Waals surface area contributed by atoms with Gasteiger partial charge < -0.3 is 10.4 Å². The van der Waals surface area contributed by atoms with Crippen LogP contribution in [-0.4, -0.2) is 28.0 Å². The molecule has 0 bridgehead atoms. The second kappa shape index (κ2) is 5.16. The van der Waals surface area contributed by atoms with Gasteiger partial charge in [-0.1, -0.05) is 19.4 Å². The lowest BCUT2D eigenvalue weighted by atomic mass is 10.2. The fraction of sp³-hybridized carbons (Fsp3) is 0.462. The molecule has 2 N–H and O–H groups in total. The van der Waals surface area contributed by atoms with Crippen LogP contribution < -0.4 is 5.32 Å². The highest BCUT2D eigenvalue weighted by molar-refractivity contribution is 5.94. The van der Waals surface area contributed by atoms with E-state index in [9.17, 15) is 9.59 Å². The zero-order valence-corrected chi connectivity index (χ0v) is 10.2. The summed E-state index contributed by atoms with van der Waals surface area (Å²) in [6.45, 7) is 2.12. The maximum absolute atomic E-state index is 11.9. The summed E-state index contributed by atoms with van der Waals surface area (Å²) in [4.78, 5) is 26.4. The lowest BCUT2D eigenvalue weighted by molar-refractivity contribution is 0.0690.